The Morgan fingerprint density at radius 1 is 1.31 bits per heavy atom. The van der Waals surface area contributed by atoms with Gasteiger partial charge in [0.2, 0.25) is 5.82 Å². The molecule has 2 aromatic heterocycles. The van der Waals surface area contributed by atoms with Crippen molar-refractivity contribution in [1.29, 1.82) is 0 Å². The van der Waals surface area contributed by atoms with E-state index in [1.165, 1.54) is 0 Å². The molecule has 2 heterocycles. The summed E-state index contributed by atoms with van der Waals surface area (Å²) in [7, 11) is 0. The van der Waals surface area contributed by atoms with Crippen LogP contribution in [0.15, 0.2) is 28.7 Å². The molecule has 3 rings (SSSR count). The van der Waals surface area contributed by atoms with Gasteiger partial charge in [-0.3, -0.25) is 0 Å². The van der Waals surface area contributed by atoms with E-state index < -0.39 is 0 Å². The number of anilines is 1. The van der Waals surface area contributed by atoms with Gasteiger partial charge in [0, 0.05) is 5.39 Å². The second kappa shape index (κ2) is 3.82. The Kier molecular flexibility index (Phi) is 2.49. The standard InChI is InChI=1S/C9H7N5O.ClH/c10-6-3-1-2-5-4-7(15-8(5)6)9-11-13-14-12-9;/h1-4H,10H2,(H,11,12,13,14);1H. The summed E-state index contributed by atoms with van der Waals surface area (Å²) in [6.45, 7) is 0. The molecule has 0 unspecified atom stereocenters. The smallest absolute Gasteiger partial charge is 0.239 e. The highest BCUT2D eigenvalue weighted by atomic mass is 35.5. The minimum Gasteiger partial charge on any atom is -0.450 e. The third-order valence-corrected chi connectivity index (χ3v) is 2.14. The minimum atomic E-state index is 0. The van der Waals surface area contributed by atoms with E-state index in [1.807, 2.05) is 18.2 Å². The van der Waals surface area contributed by atoms with Gasteiger partial charge in [-0.2, -0.15) is 5.21 Å². The van der Waals surface area contributed by atoms with Gasteiger partial charge in [0.05, 0.1) is 5.69 Å². The first-order chi connectivity index (χ1) is 7.34. The molecular formula is C9H8ClN5O. The van der Waals surface area contributed by atoms with Gasteiger partial charge in [0.25, 0.3) is 0 Å². The van der Waals surface area contributed by atoms with Gasteiger partial charge < -0.3 is 10.2 Å². The van der Waals surface area contributed by atoms with Crippen molar-refractivity contribution in [2.24, 2.45) is 0 Å². The van der Waals surface area contributed by atoms with Gasteiger partial charge in [0.15, 0.2) is 11.3 Å². The second-order valence-corrected chi connectivity index (χ2v) is 3.11. The molecule has 6 nitrogen and oxygen atoms in total. The monoisotopic (exact) mass is 237 g/mol. The summed E-state index contributed by atoms with van der Waals surface area (Å²) in [5.41, 5.74) is 7.01. The molecule has 1 aromatic carbocycles. The lowest BCUT2D eigenvalue weighted by Gasteiger charge is -1.91. The predicted molar refractivity (Wildman–Crippen MR) is 61.0 cm³/mol. The predicted octanol–water partition coefficient (Wildman–Crippen LogP) is 1.62. The van der Waals surface area contributed by atoms with E-state index in [0.717, 1.165) is 5.39 Å². The van der Waals surface area contributed by atoms with Gasteiger partial charge in [-0.25, -0.2) is 0 Å². The number of H-pyrrole nitrogens is 1. The first-order valence-electron chi connectivity index (χ1n) is 4.36. The lowest BCUT2D eigenvalue weighted by molar-refractivity contribution is 0.626. The molecule has 0 saturated heterocycles. The van der Waals surface area contributed by atoms with Crippen molar-refractivity contribution >= 4 is 29.1 Å². The number of benzene rings is 1. The largest absolute Gasteiger partial charge is 0.450 e. The maximum absolute atomic E-state index is 5.76. The topological polar surface area (TPSA) is 93.6 Å². The molecule has 0 aliphatic heterocycles. The van der Waals surface area contributed by atoms with E-state index in [0.29, 0.717) is 22.9 Å². The molecule has 16 heavy (non-hydrogen) atoms. The molecule has 0 spiro atoms. The minimum absolute atomic E-state index is 0. The van der Waals surface area contributed by atoms with Crippen molar-refractivity contribution in [3.63, 3.8) is 0 Å². The van der Waals surface area contributed by atoms with Crippen LogP contribution in [-0.4, -0.2) is 20.6 Å². The Hall–Kier alpha value is -2.08. The van der Waals surface area contributed by atoms with Gasteiger partial charge in [0.1, 0.15) is 0 Å². The van der Waals surface area contributed by atoms with E-state index in [4.69, 9.17) is 10.2 Å². The number of para-hydroxylation sites is 1. The van der Waals surface area contributed by atoms with Crippen LogP contribution in [0.25, 0.3) is 22.6 Å². The number of aromatic nitrogens is 4. The van der Waals surface area contributed by atoms with Gasteiger partial charge in [-0.15, -0.1) is 22.6 Å². The van der Waals surface area contributed by atoms with Crippen LogP contribution in [0.4, 0.5) is 5.69 Å². The van der Waals surface area contributed by atoms with Crippen molar-refractivity contribution in [3.8, 4) is 11.6 Å². The molecule has 3 N–H and O–H groups in total. The number of hydrogen-bond donors (Lipinski definition) is 2. The number of tetrazole rings is 1. The fourth-order valence-electron chi connectivity index (χ4n) is 1.46. The maximum Gasteiger partial charge on any atom is 0.239 e. The highest BCUT2D eigenvalue weighted by molar-refractivity contribution is 5.90. The van der Waals surface area contributed by atoms with Gasteiger partial charge in [-0.05, 0) is 17.3 Å². The Bertz CT molecular complexity index is 603. The van der Waals surface area contributed by atoms with Crippen molar-refractivity contribution in [2.75, 3.05) is 5.73 Å². The number of nitrogens with zero attached hydrogens (tertiary/aromatic N) is 3. The highest BCUT2D eigenvalue weighted by Gasteiger charge is 2.10. The SMILES string of the molecule is Cl.Nc1cccc2cc(-c3nn[nH]n3)oc12. The Morgan fingerprint density at radius 2 is 2.19 bits per heavy atom. The summed E-state index contributed by atoms with van der Waals surface area (Å²) in [6.07, 6.45) is 0. The van der Waals surface area contributed by atoms with E-state index in [1.54, 1.807) is 6.07 Å². The normalized spacial score (nSPS) is 10.2. The first kappa shape index (κ1) is 10.4. The van der Waals surface area contributed by atoms with Crippen LogP contribution in [0.1, 0.15) is 0 Å². The third kappa shape index (κ3) is 1.49. The van der Waals surface area contributed by atoms with Gasteiger partial charge >= 0.3 is 0 Å². The summed E-state index contributed by atoms with van der Waals surface area (Å²) < 4.78 is 5.53. The zero-order valence-corrected chi connectivity index (χ0v) is 8.86. The summed E-state index contributed by atoms with van der Waals surface area (Å²) in [6, 6.07) is 7.40. The molecule has 0 aliphatic carbocycles. The van der Waals surface area contributed by atoms with Crippen LogP contribution < -0.4 is 5.73 Å². The van der Waals surface area contributed by atoms with Crippen LogP contribution in [0, 0.1) is 0 Å². The fourth-order valence-corrected chi connectivity index (χ4v) is 1.46. The van der Waals surface area contributed by atoms with E-state index >= 15 is 0 Å². The van der Waals surface area contributed by atoms with Crippen LogP contribution in [0.3, 0.4) is 0 Å². The van der Waals surface area contributed by atoms with E-state index in [2.05, 4.69) is 20.6 Å². The van der Waals surface area contributed by atoms with Crippen LogP contribution in [0.2, 0.25) is 0 Å². The van der Waals surface area contributed by atoms with Crippen molar-refractivity contribution < 1.29 is 4.42 Å². The second-order valence-electron chi connectivity index (χ2n) is 3.11. The summed E-state index contributed by atoms with van der Waals surface area (Å²) >= 11 is 0. The summed E-state index contributed by atoms with van der Waals surface area (Å²) in [5, 5.41) is 14.4. The van der Waals surface area contributed by atoms with Crippen molar-refractivity contribution in [2.45, 2.75) is 0 Å². The summed E-state index contributed by atoms with van der Waals surface area (Å²) in [5.74, 6) is 0.974. The van der Waals surface area contributed by atoms with Crippen LogP contribution in [0.5, 0.6) is 0 Å². The number of fused-ring (bicyclic) bond motifs is 1. The quantitative estimate of drug-likeness (QED) is 0.627. The number of aromatic amines is 1. The molecule has 0 fully saturated rings. The van der Waals surface area contributed by atoms with Crippen molar-refractivity contribution in [1.82, 2.24) is 20.6 Å². The number of nitrogens with two attached hydrogens (primary N) is 1. The molecule has 0 saturated carbocycles. The first-order valence-corrected chi connectivity index (χ1v) is 4.36. The molecule has 0 atom stereocenters. The molecule has 7 heteroatoms. The molecule has 0 aliphatic rings. The number of rotatable bonds is 1. The zero-order valence-electron chi connectivity index (χ0n) is 8.04. The average molecular weight is 238 g/mol. The Morgan fingerprint density at radius 3 is 2.88 bits per heavy atom. The van der Waals surface area contributed by atoms with Gasteiger partial charge in [-0.1, -0.05) is 12.1 Å². The third-order valence-electron chi connectivity index (χ3n) is 2.14. The Labute approximate surface area is 96.2 Å². The average Bonchev–Trinajstić information content (AvgIpc) is 2.86. The molecule has 0 amide bonds. The molecule has 82 valence electrons. The zero-order chi connectivity index (χ0) is 10.3. The number of nitrogen functional groups attached to an aromatic ring is 1. The lowest BCUT2D eigenvalue weighted by atomic mass is 10.2. The molecular weight excluding hydrogens is 230 g/mol. The maximum atomic E-state index is 5.76. The number of hydrogen-bond acceptors (Lipinski definition) is 5. The highest BCUT2D eigenvalue weighted by Crippen LogP contribution is 2.28. The van der Waals surface area contributed by atoms with Crippen LogP contribution in [-0.2, 0) is 0 Å². The Balaban J connectivity index is 0.000000963. The number of nitrogens with one attached hydrogen (secondary N) is 1. The van der Waals surface area contributed by atoms with Crippen molar-refractivity contribution in [3.05, 3.63) is 24.3 Å². The van der Waals surface area contributed by atoms with Crippen LogP contribution >= 0.6 is 12.4 Å². The van der Waals surface area contributed by atoms with E-state index in [9.17, 15) is 0 Å². The summed E-state index contributed by atoms with van der Waals surface area (Å²) in [4.78, 5) is 0. The molecule has 0 bridgehead atoms. The number of furan rings is 1. The molecule has 0 radical (unpaired) electrons. The molecule has 3 aromatic rings. The van der Waals surface area contributed by atoms with E-state index in [-0.39, 0.29) is 12.4 Å². The lowest BCUT2D eigenvalue weighted by Crippen LogP contribution is -1.82. The fraction of sp³-hybridized carbons (Fsp3) is 0. The number of halogens is 1.